The Morgan fingerprint density at radius 3 is 2.59 bits per heavy atom. The Labute approximate surface area is 103 Å². The summed E-state index contributed by atoms with van der Waals surface area (Å²) in [6, 6.07) is 6.34. The number of rotatable bonds is 4. The second kappa shape index (κ2) is 5.32. The second-order valence-corrected chi connectivity index (χ2v) is 5.14. The van der Waals surface area contributed by atoms with E-state index in [0.717, 1.165) is 0 Å². The summed E-state index contributed by atoms with van der Waals surface area (Å²) in [5, 5.41) is 11.4. The van der Waals surface area contributed by atoms with Gasteiger partial charge in [-0.15, -0.1) is 0 Å². The van der Waals surface area contributed by atoms with Crippen LogP contribution in [-0.2, 0) is 10.2 Å². The highest BCUT2D eigenvalue weighted by Gasteiger charge is 2.23. The SMILES string of the molecule is Cc1ccc(C)c(C(C)(C)CNC(=O)CO)c1. The van der Waals surface area contributed by atoms with Gasteiger partial charge in [-0.1, -0.05) is 37.6 Å². The van der Waals surface area contributed by atoms with Crippen LogP contribution in [0.3, 0.4) is 0 Å². The molecule has 17 heavy (non-hydrogen) atoms. The number of benzene rings is 1. The number of carbonyl (C=O) groups is 1. The molecule has 0 aromatic heterocycles. The number of hydrogen-bond acceptors (Lipinski definition) is 2. The van der Waals surface area contributed by atoms with Gasteiger partial charge in [0, 0.05) is 12.0 Å². The van der Waals surface area contributed by atoms with Crippen LogP contribution >= 0.6 is 0 Å². The van der Waals surface area contributed by atoms with Gasteiger partial charge in [-0.25, -0.2) is 0 Å². The molecule has 3 nitrogen and oxygen atoms in total. The normalized spacial score (nSPS) is 11.4. The van der Waals surface area contributed by atoms with Crippen molar-refractivity contribution in [2.45, 2.75) is 33.1 Å². The van der Waals surface area contributed by atoms with Crippen LogP contribution in [0.15, 0.2) is 18.2 Å². The van der Waals surface area contributed by atoms with E-state index in [1.165, 1.54) is 16.7 Å². The summed E-state index contributed by atoms with van der Waals surface area (Å²) in [7, 11) is 0. The van der Waals surface area contributed by atoms with E-state index in [9.17, 15) is 4.79 Å². The third-order valence-corrected chi connectivity index (χ3v) is 2.99. The number of hydrogen-bond donors (Lipinski definition) is 2. The molecular formula is C14H21NO2. The van der Waals surface area contributed by atoms with Gasteiger partial charge in [0.15, 0.2) is 0 Å². The van der Waals surface area contributed by atoms with Crippen LogP contribution in [0.5, 0.6) is 0 Å². The molecule has 1 aromatic carbocycles. The molecule has 0 fully saturated rings. The van der Waals surface area contributed by atoms with E-state index in [1.54, 1.807) is 0 Å². The van der Waals surface area contributed by atoms with Gasteiger partial charge in [0.25, 0.3) is 0 Å². The van der Waals surface area contributed by atoms with Gasteiger partial charge in [-0.05, 0) is 25.0 Å². The summed E-state index contributed by atoms with van der Waals surface area (Å²) in [5.74, 6) is -0.330. The van der Waals surface area contributed by atoms with Crippen LogP contribution in [0.2, 0.25) is 0 Å². The highest BCUT2D eigenvalue weighted by molar-refractivity contribution is 5.77. The summed E-state index contributed by atoms with van der Waals surface area (Å²) in [6.07, 6.45) is 0. The first-order valence-electron chi connectivity index (χ1n) is 5.82. The Bertz CT molecular complexity index is 411. The third kappa shape index (κ3) is 3.56. The number of nitrogens with one attached hydrogen (secondary N) is 1. The van der Waals surface area contributed by atoms with Crippen molar-refractivity contribution in [3.8, 4) is 0 Å². The summed E-state index contributed by atoms with van der Waals surface area (Å²) in [4.78, 5) is 11.1. The number of carbonyl (C=O) groups excluding carboxylic acids is 1. The average Bonchev–Trinajstić information content (AvgIpc) is 2.29. The molecule has 2 N–H and O–H groups in total. The minimum Gasteiger partial charge on any atom is -0.387 e. The molecule has 0 unspecified atom stereocenters. The Balaban J connectivity index is 2.88. The van der Waals surface area contributed by atoms with Gasteiger partial charge in [0.05, 0.1) is 0 Å². The van der Waals surface area contributed by atoms with Crippen LogP contribution < -0.4 is 5.32 Å². The molecule has 1 rings (SSSR count). The van der Waals surface area contributed by atoms with Gasteiger partial charge < -0.3 is 10.4 Å². The van der Waals surface area contributed by atoms with Gasteiger partial charge >= 0.3 is 0 Å². The van der Waals surface area contributed by atoms with Crippen molar-refractivity contribution in [3.63, 3.8) is 0 Å². The first kappa shape index (κ1) is 13.7. The standard InChI is InChI=1S/C14H21NO2/c1-10-5-6-11(2)12(7-10)14(3,4)9-15-13(17)8-16/h5-7,16H,8-9H2,1-4H3,(H,15,17). The predicted molar refractivity (Wildman–Crippen MR) is 69.0 cm³/mol. The van der Waals surface area contributed by atoms with E-state index in [0.29, 0.717) is 6.54 Å². The summed E-state index contributed by atoms with van der Waals surface area (Å²) in [6.45, 7) is 8.38. The molecule has 0 spiro atoms. The minimum atomic E-state index is -0.455. The molecule has 0 aliphatic carbocycles. The van der Waals surface area contributed by atoms with Crippen LogP contribution in [0.1, 0.15) is 30.5 Å². The summed E-state index contributed by atoms with van der Waals surface area (Å²) < 4.78 is 0. The molecule has 0 aliphatic rings. The zero-order valence-electron chi connectivity index (χ0n) is 11.0. The van der Waals surface area contributed by atoms with Crippen molar-refractivity contribution < 1.29 is 9.90 Å². The lowest BCUT2D eigenvalue weighted by Crippen LogP contribution is -2.38. The maximum Gasteiger partial charge on any atom is 0.245 e. The molecule has 0 heterocycles. The van der Waals surface area contributed by atoms with Crippen molar-refractivity contribution in [2.24, 2.45) is 0 Å². The molecule has 94 valence electrons. The average molecular weight is 235 g/mol. The van der Waals surface area contributed by atoms with Crippen molar-refractivity contribution in [3.05, 3.63) is 34.9 Å². The molecule has 1 aromatic rings. The van der Waals surface area contributed by atoms with Crippen LogP contribution in [0, 0.1) is 13.8 Å². The molecule has 0 aliphatic heterocycles. The smallest absolute Gasteiger partial charge is 0.245 e. The van der Waals surface area contributed by atoms with E-state index in [1.807, 2.05) is 0 Å². The van der Waals surface area contributed by atoms with E-state index >= 15 is 0 Å². The van der Waals surface area contributed by atoms with E-state index in [-0.39, 0.29) is 11.3 Å². The topological polar surface area (TPSA) is 49.3 Å². The fourth-order valence-corrected chi connectivity index (χ4v) is 1.94. The van der Waals surface area contributed by atoms with Crippen molar-refractivity contribution in [1.82, 2.24) is 5.32 Å². The first-order valence-corrected chi connectivity index (χ1v) is 5.82. The Kier molecular flexibility index (Phi) is 4.29. The quantitative estimate of drug-likeness (QED) is 0.834. The van der Waals surface area contributed by atoms with Gasteiger partial charge in [0.1, 0.15) is 6.61 Å². The maximum absolute atomic E-state index is 11.1. The molecule has 0 bridgehead atoms. The first-order chi connectivity index (χ1) is 7.86. The zero-order valence-corrected chi connectivity index (χ0v) is 11.0. The largest absolute Gasteiger partial charge is 0.387 e. The monoisotopic (exact) mass is 235 g/mol. The highest BCUT2D eigenvalue weighted by atomic mass is 16.3. The molecule has 1 amide bonds. The highest BCUT2D eigenvalue weighted by Crippen LogP contribution is 2.26. The molecule has 0 saturated carbocycles. The molecule has 0 radical (unpaired) electrons. The maximum atomic E-state index is 11.1. The lowest BCUT2D eigenvalue weighted by molar-refractivity contribution is -0.124. The third-order valence-electron chi connectivity index (χ3n) is 2.99. The molecule has 3 heteroatoms. The predicted octanol–water partition coefficient (Wildman–Crippen LogP) is 1.69. The lowest BCUT2D eigenvalue weighted by atomic mass is 9.81. The van der Waals surface area contributed by atoms with E-state index in [2.05, 4.69) is 51.2 Å². The van der Waals surface area contributed by atoms with Crippen LogP contribution in [-0.4, -0.2) is 24.2 Å². The lowest BCUT2D eigenvalue weighted by Gasteiger charge is -2.27. The van der Waals surface area contributed by atoms with Crippen LogP contribution in [0.4, 0.5) is 0 Å². The van der Waals surface area contributed by atoms with E-state index in [4.69, 9.17) is 5.11 Å². The second-order valence-electron chi connectivity index (χ2n) is 5.14. The zero-order chi connectivity index (χ0) is 13.1. The van der Waals surface area contributed by atoms with Gasteiger partial charge in [0.2, 0.25) is 5.91 Å². The fraction of sp³-hybridized carbons (Fsp3) is 0.500. The Morgan fingerprint density at radius 1 is 1.35 bits per heavy atom. The Morgan fingerprint density at radius 2 is 2.00 bits per heavy atom. The van der Waals surface area contributed by atoms with Crippen molar-refractivity contribution in [1.29, 1.82) is 0 Å². The number of aliphatic hydroxyl groups excluding tert-OH is 1. The summed E-state index contributed by atoms with van der Waals surface area (Å²) in [5.41, 5.74) is 3.53. The fourth-order valence-electron chi connectivity index (χ4n) is 1.94. The van der Waals surface area contributed by atoms with Crippen molar-refractivity contribution in [2.75, 3.05) is 13.2 Å². The van der Waals surface area contributed by atoms with Crippen molar-refractivity contribution >= 4 is 5.91 Å². The molecular weight excluding hydrogens is 214 g/mol. The molecule has 0 saturated heterocycles. The number of amides is 1. The number of aliphatic hydroxyl groups is 1. The number of aryl methyl sites for hydroxylation is 2. The van der Waals surface area contributed by atoms with Crippen LogP contribution in [0.25, 0.3) is 0 Å². The summed E-state index contributed by atoms with van der Waals surface area (Å²) >= 11 is 0. The van der Waals surface area contributed by atoms with Gasteiger partial charge in [-0.3, -0.25) is 4.79 Å². The molecule has 0 atom stereocenters. The van der Waals surface area contributed by atoms with E-state index < -0.39 is 6.61 Å². The minimum absolute atomic E-state index is 0.138. The van der Waals surface area contributed by atoms with Gasteiger partial charge in [-0.2, -0.15) is 0 Å². The Hall–Kier alpha value is -1.35.